The van der Waals surface area contributed by atoms with E-state index in [1.165, 1.54) is 36.4 Å². The highest BCUT2D eigenvalue weighted by atomic mass is 32.2. The first-order valence-corrected chi connectivity index (χ1v) is 11.1. The molecule has 156 valence electrons. The smallest absolute Gasteiger partial charge is 0.262 e. The van der Waals surface area contributed by atoms with Crippen LogP contribution in [0.2, 0.25) is 0 Å². The lowest BCUT2D eigenvalue weighted by atomic mass is 9.96. The van der Waals surface area contributed by atoms with Gasteiger partial charge in [0.25, 0.3) is 5.91 Å². The van der Waals surface area contributed by atoms with E-state index in [0.29, 0.717) is 11.4 Å². The van der Waals surface area contributed by atoms with E-state index < -0.39 is 21.7 Å². The minimum atomic E-state index is -3.58. The van der Waals surface area contributed by atoms with Gasteiger partial charge >= 0.3 is 0 Å². The largest absolute Gasteiger partial charge is 0.484 e. The van der Waals surface area contributed by atoms with Gasteiger partial charge in [-0.1, -0.05) is 25.3 Å². The molecule has 1 saturated carbocycles. The predicted molar refractivity (Wildman–Crippen MR) is 109 cm³/mol. The minimum absolute atomic E-state index is 0.0142. The summed E-state index contributed by atoms with van der Waals surface area (Å²) in [6.07, 6.45) is 4.95. The average Bonchev–Trinajstić information content (AvgIpc) is 2.70. The molecule has 0 unspecified atom stereocenters. The molecule has 0 aliphatic heterocycles. The third-order valence-electron chi connectivity index (χ3n) is 4.90. The van der Waals surface area contributed by atoms with Crippen LogP contribution in [0.5, 0.6) is 5.75 Å². The molecule has 0 bridgehead atoms. The molecule has 8 heteroatoms. The van der Waals surface area contributed by atoms with Crippen LogP contribution in [0, 0.1) is 12.7 Å². The summed E-state index contributed by atoms with van der Waals surface area (Å²) >= 11 is 0. The maximum absolute atomic E-state index is 13.3. The first kappa shape index (κ1) is 21.3. The number of rotatable bonds is 7. The van der Waals surface area contributed by atoms with Gasteiger partial charge in [-0.15, -0.1) is 0 Å². The van der Waals surface area contributed by atoms with Crippen molar-refractivity contribution in [1.82, 2.24) is 4.72 Å². The van der Waals surface area contributed by atoms with Crippen molar-refractivity contribution >= 4 is 21.6 Å². The van der Waals surface area contributed by atoms with E-state index >= 15 is 0 Å². The number of halogens is 1. The molecule has 0 aromatic heterocycles. The van der Waals surface area contributed by atoms with E-state index in [-0.39, 0.29) is 17.5 Å². The van der Waals surface area contributed by atoms with Crippen LogP contribution in [0.25, 0.3) is 0 Å². The topological polar surface area (TPSA) is 84.5 Å². The molecule has 1 fully saturated rings. The number of aryl methyl sites for hydroxylation is 1. The average molecular weight is 421 g/mol. The predicted octanol–water partition coefficient (Wildman–Crippen LogP) is 3.76. The van der Waals surface area contributed by atoms with Gasteiger partial charge in [-0.05, 0) is 61.7 Å². The van der Waals surface area contributed by atoms with Crippen molar-refractivity contribution in [2.24, 2.45) is 0 Å². The van der Waals surface area contributed by atoms with E-state index in [0.717, 1.165) is 37.7 Å². The molecule has 2 N–H and O–H groups in total. The second-order valence-electron chi connectivity index (χ2n) is 7.22. The number of amides is 1. The molecule has 1 amide bonds. The fraction of sp³-hybridized carbons (Fsp3) is 0.381. The maximum Gasteiger partial charge on any atom is 0.262 e. The van der Waals surface area contributed by atoms with Crippen molar-refractivity contribution in [2.45, 2.75) is 50.0 Å². The number of ether oxygens (including phenoxy) is 1. The standard InChI is InChI=1S/C21H25FN2O4S/c1-15-7-8-16(22)13-20(15)23-21(25)14-28-18-9-11-19(12-10-18)29(26,27)24-17-5-3-2-4-6-17/h7-13,17,24H,2-6,14H2,1H3,(H,23,25). The Kier molecular flexibility index (Phi) is 6.87. The van der Waals surface area contributed by atoms with Gasteiger partial charge in [-0.25, -0.2) is 17.5 Å². The number of carbonyl (C=O) groups excluding carboxylic acids is 1. The molecule has 0 spiro atoms. The Labute approximate surface area is 170 Å². The lowest BCUT2D eigenvalue weighted by molar-refractivity contribution is -0.118. The highest BCUT2D eigenvalue weighted by Gasteiger charge is 2.21. The number of carbonyl (C=O) groups is 1. The molecule has 1 aliphatic carbocycles. The summed E-state index contributed by atoms with van der Waals surface area (Å²) in [6, 6.07) is 10.1. The molecular formula is C21H25FN2O4S. The Balaban J connectivity index is 1.54. The second kappa shape index (κ2) is 9.37. The van der Waals surface area contributed by atoms with Crippen molar-refractivity contribution in [3.05, 3.63) is 53.8 Å². The summed E-state index contributed by atoms with van der Waals surface area (Å²) in [5, 5.41) is 2.59. The van der Waals surface area contributed by atoms with Crippen molar-refractivity contribution in [1.29, 1.82) is 0 Å². The third kappa shape index (κ3) is 6.01. The molecule has 0 heterocycles. The summed E-state index contributed by atoms with van der Waals surface area (Å²) < 4.78 is 46.4. The van der Waals surface area contributed by atoms with Gasteiger partial charge < -0.3 is 10.1 Å². The molecule has 2 aromatic carbocycles. The summed E-state index contributed by atoms with van der Waals surface area (Å²) in [5.41, 5.74) is 1.12. The van der Waals surface area contributed by atoms with Crippen molar-refractivity contribution < 1.29 is 22.3 Å². The monoisotopic (exact) mass is 420 g/mol. The highest BCUT2D eigenvalue weighted by Crippen LogP contribution is 2.21. The van der Waals surface area contributed by atoms with Crippen LogP contribution >= 0.6 is 0 Å². The van der Waals surface area contributed by atoms with Crippen LogP contribution < -0.4 is 14.8 Å². The number of hydrogen-bond donors (Lipinski definition) is 2. The van der Waals surface area contributed by atoms with Crippen LogP contribution in [0.15, 0.2) is 47.4 Å². The first-order valence-electron chi connectivity index (χ1n) is 9.65. The molecular weight excluding hydrogens is 395 g/mol. The Morgan fingerprint density at radius 3 is 2.48 bits per heavy atom. The SMILES string of the molecule is Cc1ccc(F)cc1NC(=O)COc1ccc(S(=O)(=O)NC2CCCCC2)cc1. The molecule has 3 rings (SSSR count). The van der Waals surface area contributed by atoms with Gasteiger partial charge in [0.2, 0.25) is 10.0 Å². The molecule has 2 aromatic rings. The van der Waals surface area contributed by atoms with Gasteiger partial charge in [0.15, 0.2) is 6.61 Å². The first-order chi connectivity index (χ1) is 13.8. The van der Waals surface area contributed by atoms with Gasteiger partial charge in [0.1, 0.15) is 11.6 Å². The second-order valence-corrected chi connectivity index (χ2v) is 8.94. The zero-order valence-electron chi connectivity index (χ0n) is 16.3. The number of benzene rings is 2. The number of nitrogens with one attached hydrogen (secondary N) is 2. The third-order valence-corrected chi connectivity index (χ3v) is 6.44. The van der Waals surface area contributed by atoms with Crippen molar-refractivity contribution in [3.8, 4) is 5.75 Å². The lowest BCUT2D eigenvalue weighted by Crippen LogP contribution is -2.36. The van der Waals surface area contributed by atoms with Gasteiger partial charge in [0.05, 0.1) is 4.90 Å². The molecule has 6 nitrogen and oxygen atoms in total. The molecule has 1 aliphatic rings. The molecule has 0 saturated heterocycles. The van der Waals surface area contributed by atoms with Crippen LogP contribution in [0.1, 0.15) is 37.7 Å². The van der Waals surface area contributed by atoms with Crippen molar-refractivity contribution in [2.75, 3.05) is 11.9 Å². The van der Waals surface area contributed by atoms with Crippen LogP contribution in [-0.2, 0) is 14.8 Å². The van der Waals surface area contributed by atoms with Gasteiger partial charge in [0, 0.05) is 11.7 Å². The van der Waals surface area contributed by atoms with E-state index in [1.54, 1.807) is 13.0 Å². The zero-order valence-corrected chi connectivity index (χ0v) is 17.1. The van der Waals surface area contributed by atoms with E-state index in [1.807, 2.05) is 0 Å². The van der Waals surface area contributed by atoms with Crippen LogP contribution in [-0.4, -0.2) is 27.0 Å². The lowest BCUT2D eigenvalue weighted by Gasteiger charge is -2.22. The Hall–Kier alpha value is -2.45. The summed E-state index contributed by atoms with van der Waals surface area (Å²) in [7, 11) is -3.58. The summed E-state index contributed by atoms with van der Waals surface area (Å²) in [6.45, 7) is 1.48. The Morgan fingerprint density at radius 1 is 1.10 bits per heavy atom. The van der Waals surface area contributed by atoms with Gasteiger partial charge in [-0.2, -0.15) is 0 Å². The normalized spacial score (nSPS) is 15.1. The number of anilines is 1. The van der Waals surface area contributed by atoms with Crippen molar-refractivity contribution in [3.63, 3.8) is 0 Å². The maximum atomic E-state index is 13.3. The number of sulfonamides is 1. The summed E-state index contributed by atoms with van der Waals surface area (Å²) in [5.74, 6) is -0.507. The zero-order chi connectivity index (χ0) is 20.9. The van der Waals surface area contributed by atoms with E-state index in [4.69, 9.17) is 4.74 Å². The Morgan fingerprint density at radius 2 is 1.79 bits per heavy atom. The molecule has 29 heavy (non-hydrogen) atoms. The quantitative estimate of drug-likeness (QED) is 0.714. The van der Waals surface area contributed by atoms with Crippen LogP contribution in [0.3, 0.4) is 0 Å². The molecule has 0 radical (unpaired) electrons. The minimum Gasteiger partial charge on any atom is -0.484 e. The van der Waals surface area contributed by atoms with E-state index in [2.05, 4.69) is 10.0 Å². The summed E-state index contributed by atoms with van der Waals surface area (Å²) in [4.78, 5) is 12.2. The van der Waals surface area contributed by atoms with Gasteiger partial charge in [-0.3, -0.25) is 4.79 Å². The highest BCUT2D eigenvalue weighted by molar-refractivity contribution is 7.89. The van der Waals surface area contributed by atoms with E-state index in [9.17, 15) is 17.6 Å². The van der Waals surface area contributed by atoms with Crippen LogP contribution in [0.4, 0.5) is 10.1 Å². The number of hydrogen-bond acceptors (Lipinski definition) is 4. The molecule has 0 atom stereocenters. The Bertz CT molecular complexity index is 955. The fourth-order valence-corrected chi connectivity index (χ4v) is 4.59. The fourth-order valence-electron chi connectivity index (χ4n) is 3.29.